The molecule has 0 spiro atoms. The first kappa shape index (κ1) is 14.0. The van der Waals surface area contributed by atoms with Gasteiger partial charge in [-0.25, -0.2) is 4.39 Å². The molecule has 96 valence electrons. The monoisotopic (exact) mass is 347 g/mol. The van der Waals surface area contributed by atoms with E-state index in [1.165, 1.54) is 6.07 Å². The van der Waals surface area contributed by atoms with Crippen molar-refractivity contribution in [1.82, 2.24) is 5.32 Å². The van der Waals surface area contributed by atoms with Gasteiger partial charge in [0.05, 0.1) is 6.04 Å². The van der Waals surface area contributed by atoms with Crippen LogP contribution in [-0.2, 0) is 0 Å². The van der Waals surface area contributed by atoms with Crippen LogP contribution in [0.3, 0.4) is 0 Å². The molecule has 1 aromatic heterocycles. The van der Waals surface area contributed by atoms with Crippen LogP contribution in [0.1, 0.15) is 23.4 Å². The highest BCUT2D eigenvalue weighted by Gasteiger charge is 2.20. The van der Waals surface area contributed by atoms with Gasteiger partial charge in [-0.1, -0.05) is 24.6 Å². The fourth-order valence-electron chi connectivity index (χ4n) is 1.80. The van der Waals surface area contributed by atoms with E-state index >= 15 is 0 Å². The highest BCUT2D eigenvalue weighted by molar-refractivity contribution is 9.10. The van der Waals surface area contributed by atoms with Gasteiger partial charge in [0.2, 0.25) is 0 Å². The van der Waals surface area contributed by atoms with Crippen LogP contribution in [0.5, 0.6) is 0 Å². The fourth-order valence-corrected chi connectivity index (χ4v) is 3.65. The van der Waals surface area contributed by atoms with Crippen molar-refractivity contribution >= 4 is 38.9 Å². The summed E-state index contributed by atoms with van der Waals surface area (Å²) in [5, 5.41) is 5.70. The molecule has 1 aromatic carbocycles. The summed E-state index contributed by atoms with van der Waals surface area (Å²) in [6.45, 7) is 2.76. The first-order valence-corrected chi connectivity index (χ1v) is 7.59. The number of hydrogen-bond acceptors (Lipinski definition) is 2. The van der Waals surface area contributed by atoms with E-state index in [-0.39, 0.29) is 11.9 Å². The van der Waals surface area contributed by atoms with Crippen molar-refractivity contribution in [3.63, 3.8) is 0 Å². The first-order valence-electron chi connectivity index (χ1n) is 5.54. The predicted octanol–water partition coefficient (Wildman–Crippen LogP) is 5.00. The highest BCUT2D eigenvalue weighted by atomic mass is 79.9. The molecule has 0 saturated carbocycles. The van der Waals surface area contributed by atoms with Gasteiger partial charge >= 0.3 is 0 Å². The second-order valence-corrected chi connectivity index (χ2v) is 6.03. The van der Waals surface area contributed by atoms with Crippen molar-refractivity contribution in [2.75, 3.05) is 6.54 Å². The van der Waals surface area contributed by atoms with Gasteiger partial charge in [-0.3, -0.25) is 0 Å². The van der Waals surface area contributed by atoms with E-state index in [4.69, 9.17) is 11.6 Å². The van der Waals surface area contributed by atoms with Gasteiger partial charge in [-0.05, 0) is 46.1 Å². The number of halogens is 3. The van der Waals surface area contributed by atoms with Crippen LogP contribution in [0.25, 0.3) is 0 Å². The normalized spacial score (nSPS) is 12.7. The Morgan fingerprint density at radius 3 is 2.78 bits per heavy atom. The third-order valence-electron chi connectivity index (χ3n) is 2.59. The van der Waals surface area contributed by atoms with Gasteiger partial charge in [-0.2, -0.15) is 0 Å². The zero-order valence-electron chi connectivity index (χ0n) is 9.71. The lowest BCUT2D eigenvalue weighted by Crippen LogP contribution is -2.22. The molecule has 1 unspecified atom stereocenters. The van der Waals surface area contributed by atoms with Gasteiger partial charge in [0, 0.05) is 19.9 Å². The van der Waals surface area contributed by atoms with Crippen molar-refractivity contribution in [3.8, 4) is 0 Å². The Balaban J connectivity index is 2.45. The topological polar surface area (TPSA) is 12.0 Å². The molecule has 0 bridgehead atoms. The van der Waals surface area contributed by atoms with E-state index < -0.39 is 0 Å². The number of thiophene rings is 1. The number of nitrogens with one attached hydrogen (secondary N) is 1. The molecule has 0 saturated heterocycles. The lowest BCUT2D eigenvalue weighted by atomic mass is 10.0. The molecule has 0 fully saturated rings. The molecule has 18 heavy (non-hydrogen) atoms. The SMILES string of the molecule is CCNC(c1ccc(Cl)cc1F)c1sccc1Br. The zero-order valence-corrected chi connectivity index (χ0v) is 12.9. The molecule has 2 aromatic rings. The van der Waals surface area contributed by atoms with E-state index in [0.717, 1.165) is 15.9 Å². The number of benzene rings is 1. The molecule has 1 atom stereocenters. The van der Waals surface area contributed by atoms with E-state index in [2.05, 4.69) is 21.2 Å². The molecule has 0 amide bonds. The molecule has 5 heteroatoms. The Bertz CT molecular complexity index is 544. The largest absolute Gasteiger partial charge is 0.306 e. The van der Waals surface area contributed by atoms with Crippen LogP contribution in [0.4, 0.5) is 4.39 Å². The second-order valence-electron chi connectivity index (χ2n) is 3.79. The zero-order chi connectivity index (χ0) is 13.1. The summed E-state index contributed by atoms with van der Waals surface area (Å²) >= 11 is 10.9. The number of rotatable bonds is 4. The van der Waals surface area contributed by atoms with E-state index in [9.17, 15) is 4.39 Å². The Hall–Kier alpha value is -0.420. The highest BCUT2D eigenvalue weighted by Crippen LogP contribution is 2.34. The van der Waals surface area contributed by atoms with Crippen molar-refractivity contribution in [1.29, 1.82) is 0 Å². The third kappa shape index (κ3) is 2.94. The van der Waals surface area contributed by atoms with Gasteiger partial charge in [-0.15, -0.1) is 11.3 Å². The van der Waals surface area contributed by atoms with E-state index in [0.29, 0.717) is 10.6 Å². The minimum absolute atomic E-state index is 0.151. The summed E-state index contributed by atoms with van der Waals surface area (Å²) in [5.74, 6) is -0.284. The summed E-state index contributed by atoms with van der Waals surface area (Å²) < 4.78 is 15.0. The average molecular weight is 349 g/mol. The summed E-state index contributed by atoms with van der Waals surface area (Å²) in [6.07, 6.45) is 0. The van der Waals surface area contributed by atoms with E-state index in [1.807, 2.05) is 18.4 Å². The summed E-state index contributed by atoms with van der Waals surface area (Å²) in [7, 11) is 0. The van der Waals surface area contributed by atoms with Crippen LogP contribution in [0.15, 0.2) is 34.1 Å². The Morgan fingerprint density at radius 1 is 1.44 bits per heavy atom. The van der Waals surface area contributed by atoms with Gasteiger partial charge in [0.15, 0.2) is 0 Å². The van der Waals surface area contributed by atoms with Crippen molar-refractivity contribution in [2.45, 2.75) is 13.0 Å². The van der Waals surface area contributed by atoms with Crippen LogP contribution < -0.4 is 5.32 Å². The quantitative estimate of drug-likeness (QED) is 0.819. The lowest BCUT2D eigenvalue weighted by molar-refractivity contribution is 0.562. The van der Waals surface area contributed by atoms with Crippen molar-refractivity contribution in [2.24, 2.45) is 0 Å². The molecule has 1 nitrogen and oxygen atoms in total. The van der Waals surface area contributed by atoms with Gasteiger partial charge < -0.3 is 5.32 Å². The van der Waals surface area contributed by atoms with Crippen LogP contribution in [0, 0.1) is 5.82 Å². The molecule has 1 heterocycles. The maximum atomic E-state index is 14.0. The van der Waals surface area contributed by atoms with Crippen molar-refractivity contribution < 1.29 is 4.39 Å². The molecule has 1 N–H and O–H groups in total. The van der Waals surface area contributed by atoms with Gasteiger partial charge in [0.1, 0.15) is 5.82 Å². The van der Waals surface area contributed by atoms with Crippen LogP contribution in [-0.4, -0.2) is 6.54 Å². The Kier molecular flexibility index (Phi) is 4.78. The first-order chi connectivity index (χ1) is 8.63. The summed E-state index contributed by atoms with van der Waals surface area (Å²) in [5.41, 5.74) is 0.615. The molecular weight excluding hydrogens is 337 g/mol. The minimum atomic E-state index is -0.284. The number of hydrogen-bond donors (Lipinski definition) is 1. The maximum Gasteiger partial charge on any atom is 0.129 e. The average Bonchev–Trinajstić information content (AvgIpc) is 2.73. The molecule has 0 radical (unpaired) electrons. The Labute approximate surface area is 123 Å². The molecular formula is C13H12BrClFNS. The standard InChI is InChI=1S/C13H12BrClFNS/c1-2-17-12(13-10(14)5-6-18-13)9-4-3-8(15)7-11(9)16/h3-7,12,17H,2H2,1H3. The lowest BCUT2D eigenvalue weighted by Gasteiger charge is -2.18. The maximum absolute atomic E-state index is 14.0. The second kappa shape index (κ2) is 6.15. The summed E-state index contributed by atoms with van der Waals surface area (Å²) in [4.78, 5) is 1.07. The molecule has 0 aliphatic heterocycles. The fraction of sp³-hybridized carbons (Fsp3) is 0.231. The van der Waals surface area contributed by atoms with Crippen molar-refractivity contribution in [3.05, 3.63) is 55.4 Å². The Morgan fingerprint density at radius 2 is 2.22 bits per heavy atom. The molecule has 0 aliphatic carbocycles. The molecule has 0 aliphatic rings. The smallest absolute Gasteiger partial charge is 0.129 e. The minimum Gasteiger partial charge on any atom is -0.306 e. The third-order valence-corrected chi connectivity index (χ3v) is 4.76. The van der Waals surface area contributed by atoms with E-state index in [1.54, 1.807) is 23.5 Å². The predicted molar refractivity (Wildman–Crippen MR) is 78.9 cm³/mol. The van der Waals surface area contributed by atoms with Crippen LogP contribution >= 0.6 is 38.9 Å². The van der Waals surface area contributed by atoms with Gasteiger partial charge in [0.25, 0.3) is 0 Å². The van der Waals surface area contributed by atoms with Crippen LogP contribution in [0.2, 0.25) is 5.02 Å². The summed E-state index contributed by atoms with van der Waals surface area (Å²) in [6, 6.07) is 6.62. The molecule has 2 rings (SSSR count).